The lowest BCUT2D eigenvalue weighted by Gasteiger charge is -2.18. The van der Waals surface area contributed by atoms with Crippen LogP contribution in [0.3, 0.4) is 0 Å². The lowest BCUT2D eigenvalue weighted by atomic mass is 10.5. The van der Waals surface area contributed by atoms with Crippen molar-refractivity contribution in [1.29, 1.82) is 0 Å². The molecule has 0 aliphatic carbocycles. The maximum Gasteiger partial charge on any atom is 0.157 e. The smallest absolute Gasteiger partial charge is 0.157 e. The summed E-state index contributed by atoms with van der Waals surface area (Å²) in [7, 11) is -2.79. The normalized spacial score (nSPS) is 34.1. The van der Waals surface area contributed by atoms with Crippen LogP contribution < -0.4 is 0 Å². The van der Waals surface area contributed by atoms with Crippen molar-refractivity contribution in [3.05, 3.63) is 0 Å². The number of ether oxygens (including phenoxy) is 1. The van der Waals surface area contributed by atoms with Crippen molar-refractivity contribution in [2.24, 2.45) is 0 Å². The first-order valence-electron chi connectivity index (χ1n) is 2.92. The van der Waals surface area contributed by atoms with Crippen molar-refractivity contribution in [2.75, 3.05) is 19.0 Å². The van der Waals surface area contributed by atoms with E-state index >= 15 is 0 Å². The largest absolute Gasteiger partial charge is 0.379 e. The van der Waals surface area contributed by atoms with E-state index in [0.717, 1.165) is 0 Å². The Bertz CT molecular complexity index is 182. The van der Waals surface area contributed by atoms with Crippen molar-refractivity contribution in [3.63, 3.8) is 0 Å². The third-order valence-electron chi connectivity index (χ3n) is 1.48. The zero-order chi connectivity index (χ0) is 6.91. The zero-order valence-corrected chi connectivity index (χ0v) is 6.15. The standard InChI is InChI=1S/C5H10O3S/c1-5-4-8-2-3-9(5,6)7/h5H,2-4H2,1H3/t5-/m0/s1. The van der Waals surface area contributed by atoms with Gasteiger partial charge in [0.15, 0.2) is 9.84 Å². The van der Waals surface area contributed by atoms with Gasteiger partial charge in [0.25, 0.3) is 0 Å². The molecule has 3 nitrogen and oxygen atoms in total. The number of hydrogen-bond acceptors (Lipinski definition) is 3. The second kappa shape index (κ2) is 2.27. The lowest BCUT2D eigenvalue weighted by Crippen LogP contribution is -2.33. The Morgan fingerprint density at radius 1 is 1.56 bits per heavy atom. The number of rotatable bonds is 0. The Morgan fingerprint density at radius 3 is 2.56 bits per heavy atom. The Kier molecular flexibility index (Phi) is 1.77. The highest BCUT2D eigenvalue weighted by atomic mass is 32.2. The molecule has 1 saturated heterocycles. The van der Waals surface area contributed by atoms with Gasteiger partial charge in [-0.1, -0.05) is 0 Å². The van der Waals surface area contributed by atoms with E-state index in [1.807, 2.05) is 0 Å². The summed E-state index contributed by atoms with van der Waals surface area (Å²) >= 11 is 0. The van der Waals surface area contributed by atoms with Crippen molar-refractivity contribution < 1.29 is 13.2 Å². The van der Waals surface area contributed by atoms with Crippen molar-refractivity contribution in [1.82, 2.24) is 0 Å². The minimum atomic E-state index is -2.79. The van der Waals surface area contributed by atoms with Crippen LogP contribution in [0.25, 0.3) is 0 Å². The Balaban J connectivity index is 2.72. The summed E-state index contributed by atoms with van der Waals surface area (Å²) in [6.07, 6.45) is 0. The maximum atomic E-state index is 10.9. The predicted molar refractivity (Wildman–Crippen MR) is 34.1 cm³/mol. The summed E-state index contributed by atoms with van der Waals surface area (Å²) in [4.78, 5) is 0. The molecule has 0 aromatic carbocycles. The van der Waals surface area contributed by atoms with E-state index in [1.54, 1.807) is 6.92 Å². The summed E-state index contributed by atoms with van der Waals surface area (Å²) in [5.74, 6) is 0.189. The van der Waals surface area contributed by atoms with E-state index in [2.05, 4.69) is 0 Å². The average Bonchev–Trinajstić information content (AvgIpc) is 1.77. The molecule has 0 unspecified atom stereocenters. The van der Waals surface area contributed by atoms with Gasteiger partial charge >= 0.3 is 0 Å². The molecule has 54 valence electrons. The third-order valence-corrected chi connectivity index (χ3v) is 3.58. The second-order valence-corrected chi connectivity index (χ2v) is 4.79. The SMILES string of the molecule is C[C@H]1COCCS1(=O)=O. The topological polar surface area (TPSA) is 43.4 Å². The highest BCUT2D eigenvalue weighted by molar-refractivity contribution is 7.92. The Hall–Kier alpha value is -0.0900. The maximum absolute atomic E-state index is 10.9. The van der Waals surface area contributed by atoms with E-state index in [1.165, 1.54) is 0 Å². The molecule has 1 rings (SSSR count). The van der Waals surface area contributed by atoms with E-state index in [0.29, 0.717) is 13.2 Å². The van der Waals surface area contributed by atoms with Crippen LogP contribution in [0.2, 0.25) is 0 Å². The fourth-order valence-corrected chi connectivity index (χ4v) is 1.79. The first-order valence-corrected chi connectivity index (χ1v) is 4.64. The molecule has 0 amide bonds. The summed E-state index contributed by atoms with van der Waals surface area (Å²) in [6, 6.07) is 0. The predicted octanol–water partition coefficient (Wildman–Crippen LogP) is -0.180. The van der Waals surface area contributed by atoms with Gasteiger partial charge in [0.05, 0.1) is 24.2 Å². The Labute approximate surface area is 54.9 Å². The van der Waals surface area contributed by atoms with Gasteiger partial charge in [-0.05, 0) is 6.92 Å². The molecule has 1 aliphatic heterocycles. The zero-order valence-electron chi connectivity index (χ0n) is 5.33. The molecule has 0 aromatic rings. The Morgan fingerprint density at radius 2 is 2.22 bits per heavy atom. The molecular weight excluding hydrogens is 140 g/mol. The highest BCUT2D eigenvalue weighted by Gasteiger charge is 2.24. The second-order valence-electron chi connectivity index (χ2n) is 2.25. The number of sulfone groups is 1. The van der Waals surface area contributed by atoms with Gasteiger partial charge in [-0.15, -0.1) is 0 Å². The first kappa shape index (κ1) is 7.02. The molecule has 9 heavy (non-hydrogen) atoms. The summed E-state index contributed by atoms with van der Waals surface area (Å²) in [5, 5.41) is -0.300. The molecule has 0 bridgehead atoms. The van der Waals surface area contributed by atoms with Crippen molar-refractivity contribution in [3.8, 4) is 0 Å². The van der Waals surface area contributed by atoms with Crippen LogP contribution in [0.15, 0.2) is 0 Å². The van der Waals surface area contributed by atoms with E-state index in [9.17, 15) is 8.42 Å². The van der Waals surface area contributed by atoms with E-state index in [-0.39, 0.29) is 11.0 Å². The van der Waals surface area contributed by atoms with Gasteiger partial charge in [-0.3, -0.25) is 0 Å². The van der Waals surface area contributed by atoms with Gasteiger partial charge in [0.1, 0.15) is 0 Å². The average molecular weight is 150 g/mol. The third kappa shape index (κ3) is 1.43. The molecule has 0 aromatic heterocycles. The molecule has 1 heterocycles. The highest BCUT2D eigenvalue weighted by Crippen LogP contribution is 2.07. The van der Waals surface area contributed by atoms with E-state index in [4.69, 9.17) is 4.74 Å². The van der Waals surface area contributed by atoms with Crippen LogP contribution in [0, 0.1) is 0 Å². The molecule has 1 atom stereocenters. The summed E-state index contributed by atoms with van der Waals surface area (Å²) in [6.45, 7) is 2.41. The fourth-order valence-electron chi connectivity index (χ4n) is 0.729. The van der Waals surface area contributed by atoms with E-state index < -0.39 is 9.84 Å². The molecular formula is C5H10O3S. The monoisotopic (exact) mass is 150 g/mol. The molecule has 4 heteroatoms. The molecule has 0 radical (unpaired) electrons. The first-order chi connectivity index (χ1) is 4.13. The van der Waals surface area contributed by atoms with Crippen LogP contribution in [-0.4, -0.2) is 32.6 Å². The van der Waals surface area contributed by atoms with Crippen LogP contribution in [-0.2, 0) is 14.6 Å². The van der Waals surface area contributed by atoms with Gasteiger partial charge in [-0.25, -0.2) is 8.42 Å². The summed E-state index contributed by atoms with van der Waals surface area (Å²) < 4.78 is 26.7. The lowest BCUT2D eigenvalue weighted by molar-refractivity contribution is 0.141. The minimum absolute atomic E-state index is 0.189. The molecule has 1 fully saturated rings. The van der Waals surface area contributed by atoms with Crippen LogP contribution >= 0.6 is 0 Å². The van der Waals surface area contributed by atoms with Crippen molar-refractivity contribution in [2.45, 2.75) is 12.2 Å². The summed E-state index contributed by atoms with van der Waals surface area (Å²) in [5.41, 5.74) is 0. The van der Waals surface area contributed by atoms with Gasteiger partial charge in [-0.2, -0.15) is 0 Å². The van der Waals surface area contributed by atoms with Gasteiger partial charge < -0.3 is 4.74 Å². The van der Waals surface area contributed by atoms with Crippen LogP contribution in [0.4, 0.5) is 0 Å². The van der Waals surface area contributed by atoms with Gasteiger partial charge in [0.2, 0.25) is 0 Å². The van der Waals surface area contributed by atoms with Crippen LogP contribution in [0.1, 0.15) is 6.92 Å². The number of hydrogen-bond donors (Lipinski definition) is 0. The van der Waals surface area contributed by atoms with Crippen molar-refractivity contribution >= 4 is 9.84 Å². The molecule has 1 aliphatic rings. The van der Waals surface area contributed by atoms with Gasteiger partial charge in [0, 0.05) is 0 Å². The molecule has 0 spiro atoms. The molecule has 0 N–H and O–H groups in total. The fraction of sp³-hybridized carbons (Fsp3) is 1.00. The minimum Gasteiger partial charge on any atom is -0.379 e. The molecule has 0 saturated carbocycles. The van der Waals surface area contributed by atoms with Crippen LogP contribution in [0.5, 0.6) is 0 Å². The quantitative estimate of drug-likeness (QED) is 0.481.